The Kier molecular flexibility index (Phi) is 6.49. The second kappa shape index (κ2) is 8.75. The molecule has 0 atom stereocenters. The van der Waals surface area contributed by atoms with Gasteiger partial charge >= 0.3 is 5.97 Å². The maximum absolute atomic E-state index is 12.5. The summed E-state index contributed by atoms with van der Waals surface area (Å²) in [6, 6.07) is 5.50. The van der Waals surface area contributed by atoms with E-state index in [4.69, 9.17) is 16.3 Å². The van der Waals surface area contributed by atoms with E-state index in [2.05, 4.69) is 5.32 Å². The largest absolute Gasteiger partial charge is 0.465 e. The van der Waals surface area contributed by atoms with Gasteiger partial charge in [0.05, 0.1) is 24.1 Å². The van der Waals surface area contributed by atoms with Gasteiger partial charge in [-0.15, -0.1) is 11.3 Å². The number of halogens is 1. The lowest BCUT2D eigenvalue weighted by atomic mass is 10.0. The molecular formula is C19H19ClN2O6S2. The number of nitrogens with one attached hydrogen (secondary N) is 1. The number of sulfone groups is 1. The second-order valence-corrected chi connectivity index (χ2v) is 10.2. The Balaban J connectivity index is 1.85. The number of methoxy groups -OCH3 is 1. The van der Waals surface area contributed by atoms with E-state index in [1.807, 2.05) is 0 Å². The number of esters is 1. The van der Waals surface area contributed by atoms with Gasteiger partial charge in [0.15, 0.2) is 9.84 Å². The molecule has 8 nitrogen and oxygen atoms in total. The predicted octanol–water partition coefficient (Wildman–Crippen LogP) is 2.51. The number of benzene rings is 1. The van der Waals surface area contributed by atoms with Gasteiger partial charge in [-0.1, -0.05) is 11.6 Å². The lowest BCUT2D eigenvalue weighted by Crippen LogP contribution is -2.33. The van der Waals surface area contributed by atoms with E-state index in [1.54, 1.807) is 4.90 Å². The van der Waals surface area contributed by atoms with Crippen LogP contribution in [0, 0.1) is 0 Å². The lowest BCUT2D eigenvalue weighted by molar-refractivity contribution is -0.129. The molecule has 0 saturated heterocycles. The highest BCUT2D eigenvalue weighted by molar-refractivity contribution is 7.92. The van der Waals surface area contributed by atoms with Crippen LogP contribution in [0.5, 0.6) is 0 Å². The fourth-order valence-electron chi connectivity index (χ4n) is 3.14. The van der Waals surface area contributed by atoms with Crippen LogP contribution in [0.1, 0.15) is 27.7 Å². The summed E-state index contributed by atoms with van der Waals surface area (Å²) in [7, 11) is -2.66. The summed E-state index contributed by atoms with van der Waals surface area (Å²) >= 11 is 6.91. The molecule has 0 spiro atoms. The molecule has 11 heteroatoms. The van der Waals surface area contributed by atoms with E-state index in [9.17, 15) is 22.8 Å². The molecule has 1 aromatic heterocycles. The number of carbonyl (C=O) groups excluding carboxylic acids is 3. The van der Waals surface area contributed by atoms with Gasteiger partial charge in [0.25, 0.3) is 0 Å². The SMILES string of the molecule is COC(=O)c1c(NC(=O)CS(=O)(=O)c2ccc(Cl)cc2)sc2c1CCN(C(C)=O)C2. The van der Waals surface area contributed by atoms with Crippen LogP contribution in [0.25, 0.3) is 0 Å². The van der Waals surface area contributed by atoms with Crippen molar-refractivity contribution in [3.05, 3.63) is 45.3 Å². The van der Waals surface area contributed by atoms with Crippen LogP contribution in [0.3, 0.4) is 0 Å². The van der Waals surface area contributed by atoms with Crippen molar-refractivity contribution < 1.29 is 27.5 Å². The van der Waals surface area contributed by atoms with Crippen LogP contribution in [0.15, 0.2) is 29.2 Å². The summed E-state index contributed by atoms with van der Waals surface area (Å²) in [4.78, 5) is 38.9. The predicted molar refractivity (Wildman–Crippen MR) is 113 cm³/mol. The molecule has 3 rings (SSSR count). The molecule has 0 saturated carbocycles. The Labute approximate surface area is 182 Å². The van der Waals surface area contributed by atoms with E-state index < -0.39 is 27.5 Å². The maximum atomic E-state index is 12.5. The Morgan fingerprint density at radius 3 is 2.50 bits per heavy atom. The average molecular weight is 471 g/mol. The Morgan fingerprint density at radius 1 is 1.23 bits per heavy atom. The van der Waals surface area contributed by atoms with Crippen molar-refractivity contribution in [1.82, 2.24) is 4.90 Å². The first-order chi connectivity index (χ1) is 14.1. The number of nitrogens with zero attached hydrogens (tertiary/aromatic N) is 1. The second-order valence-electron chi connectivity index (χ2n) is 6.65. The molecule has 2 aromatic rings. The minimum Gasteiger partial charge on any atom is -0.465 e. The topological polar surface area (TPSA) is 110 Å². The van der Waals surface area contributed by atoms with Crippen molar-refractivity contribution >= 4 is 55.6 Å². The molecule has 1 aromatic carbocycles. The summed E-state index contributed by atoms with van der Waals surface area (Å²) in [6.07, 6.45) is 0.439. The van der Waals surface area contributed by atoms with Gasteiger partial charge < -0.3 is 15.0 Å². The number of hydrogen-bond acceptors (Lipinski definition) is 7. The van der Waals surface area contributed by atoms with Crippen LogP contribution >= 0.6 is 22.9 Å². The smallest absolute Gasteiger partial charge is 0.341 e. The minimum atomic E-state index is -3.89. The Morgan fingerprint density at radius 2 is 1.90 bits per heavy atom. The fraction of sp³-hybridized carbons (Fsp3) is 0.316. The summed E-state index contributed by atoms with van der Waals surface area (Å²) in [6.45, 7) is 2.23. The van der Waals surface area contributed by atoms with E-state index in [1.165, 1.54) is 38.3 Å². The van der Waals surface area contributed by atoms with E-state index >= 15 is 0 Å². The molecule has 1 aliphatic rings. The molecule has 0 radical (unpaired) electrons. The molecule has 2 heterocycles. The Bertz CT molecular complexity index is 1110. The molecule has 0 unspecified atom stereocenters. The zero-order chi connectivity index (χ0) is 22.1. The number of anilines is 1. The van der Waals surface area contributed by atoms with Gasteiger partial charge in [-0.2, -0.15) is 0 Å². The van der Waals surface area contributed by atoms with Crippen molar-refractivity contribution in [2.45, 2.75) is 24.8 Å². The van der Waals surface area contributed by atoms with Crippen molar-refractivity contribution in [2.75, 3.05) is 24.7 Å². The third-order valence-electron chi connectivity index (χ3n) is 4.64. The maximum Gasteiger partial charge on any atom is 0.341 e. The minimum absolute atomic E-state index is 0.0298. The number of thiophene rings is 1. The number of fused-ring (bicyclic) bond motifs is 1. The molecule has 1 N–H and O–H groups in total. The molecule has 1 aliphatic heterocycles. The molecule has 160 valence electrons. The fourth-order valence-corrected chi connectivity index (χ4v) is 5.67. The highest BCUT2D eigenvalue weighted by Gasteiger charge is 2.30. The van der Waals surface area contributed by atoms with Gasteiger partial charge in [0.1, 0.15) is 10.8 Å². The first-order valence-corrected chi connectivity index (χ1v) is 11.7. The van der Waals surface area contributed by atoms with Crippen molar-refractivity contribution in [3.63, 3.8) is 0 Å². The van der Waals surface area contributed by atoms with Crippen molar-refractivity contribution in [3.8, 4) is 0 Å². The quantitative estimate of drug-likeness (QED) is 0.672. The Hall–Kier alpha value is -2.43. The number of rotatable bonds is 5. The third kappa shape index (κ3) is 4.66. The lowest BCUT2D eigenvalue weighted by Gasteiger charge is -2.25. The molecule has 0 fully saturated rings. The zero-order valence-electron chi connectivity index (χ0n) is 16.2. The summed E-state index contributed by atoms with van der Waals surface area (Å²) in [5, 5.41) is 3.13. The van der Waals surface area contributed by atoms with Crippen LogP contribution in [0.4, 0.5) is 5.00 Å². The van der Waals surface area contributed by atoms with Gasteiger partial charge in [-0.05, 0) is 36.2 Å². The third-order valence-corrected chi connectivity index (χ3v) is 7.66. The average Bonchev–Trinajstić information content (AvgIpc) is 3.03. The summed E-state index contributed by atoms with van der Waals surface area (Å²) in [5.41, 5.74) is 0.915. The number of ether oxygens (including phenoxy) is 1. The standard InChI is InChI=1S/C19H19ClN2O6S2/c1-11(23)22-8-7-14-15(9-22)29-18(17(14)19(25)28-2)21-16(24)10-30(26,27)13-5-3-12(20)4-6-13/h3-6H,7-10H2,1-2H3,(H,21,24). The van der Waals surface area contributed by atoms with Gasteiger partial charge in [0.2, 0.25) is 11.8 Å². The van der Waals surface area contributed by atoms with Crippen LogP contribution in [-0.4, -0.2) is 50.5 Å². The molecule has 0 aliphatic carbocycles. The molecule has 30 heavy (non-hydrogen) atoms. The van der Waals surface area contributed by atoms with Crippen molar-refractivity contribution in [1.29, 1.82) is 0 Å². The zero-order valence-corrected chi connectivity index (χ0v) is 18.6. The monoisotopic (exact) mass is 470 g/mol. The van der Waals surface area contributed by atoms with Crippen LogP contribution in [0.2, 0.25) is 5.02 Å². The van der Waals surface area contributed by atoms with Crippen LogP contribution in [-0.2, 0) is 37.1 Å². The molecule has 2 amide bonds. The summed E-state index contributed by atoms with van der Waals surface area (Å²) < 4.78 is 29.8. The highest BCUT2D eigenvalue weighted by Crippen LogP contribution is 2.37. The first kappa shape index (κ1) is 22.3. The normalized spacial score (nSPS) is 13.5. The molecule has 0 bridgehead atoms. The summed E-state index contributed by atoms with van der Waals surface area (Å²) in [5.74, 6) is -2.29. The van der Waals surface area contributed by atoms with Crippen molar-refractivity contribution in [2.24, 2.45) is 0 Å². The molecular weight excluding hydrogens is 452 g/mol. The van der Waals surface area contributed by atoms with Gasteiger partial charge in [-0.25, -0.2) is 13.2 Å². The van der Waals surface area contributed by atoms with E-state index in [-0.39, 0.29) is 21.4 Å². The van der Waals surface area contributed by atoms with E-state index in [0.717, 1.165) is 16.2 Å². The van der Waals surface area contributed by atoms with Gasteiger partial charge in [0, 0.05) is 23.4 Å². The van der Waals surface area contributed by atoms with Crippen LogP contribution < -0.4 is 5.32 Å². The number of carbonyl (C=O) groups is 3. The number of amides is 2. The van der Waals surface area contributed by atoms with Gasteiger partial charge in [-0.3, -0.25) is 9.59 Å². The first-order valence-electron chi connectivity index (χ1n) is 8.89. The number of hydrogen-bond donors (Lipinski definition) is 1. The highest BCUT2D eigenvalue weighted by atomic mass is 35.5. The van der Waals surface area contributed by atoms with E-state index in [0.29, 0.717) is 30.1 Å².